The van der Waals surface area contributed by atoms with Crippen LogP contribution >= 0.6 is 23.2 Å². The van der Waals surface area contributed by atoms with Gasteiger partial charge in [-0.05, 0) is 24.3 Å². The van der Waals surface area contributed by atoms with Gasteiger partial charge in [-0.25, -0.2) is 9.78 Å². The first kappa shape index (κ1) is 11.9. The zero-order valence-electron chi connectivity index (χ0n) is 8.52. The zero-order chi connectivity index (χ0) is 12.4. The maximum absolute atomic E-state index is 10.8. The van der Waals surface area contributed by atoms with Gasteiger partial charge in [0.1, 0.15) is 5.69 Å². The average molecular weight is 268 g/mol. The maximum atomic E-state index is 10.8. The Kier molecular flexibility index (Phi) is 3.31. The molecule has 3 nitrogen and oxygen atoms in total. The van der Waals surface area contributed by atoms with Crippen LogP contribution in [0.15, 0.2) is 36.4 Å². The number of rotatable bonds is 2. The Morgan fingerprint density at radius 3 is 2.29 bits per heavy atom. The van der Waals surface area contributed by atoms with Crippen LogP contribution in [0.5, 0.6) is 0 Å². The van der Waals surface area contributed by atoms with Crippen molar-refractivity contribution in [1.82, 2.24) is 4.98 Å². The van der Waals surface area contributed by atoms with Crippen molar-refractivity contribution in [2.75, 3.05) is 0 Å². The lowest BCUT2D eigenvalue weighted by atomic mass is 10.1. The molecule has 0 aliphatic carbocycles. The molecule has 0 amide bonds. The molecule has 2 rings (SSSR count). The third-order valence-corrected chi connectivity index (χ3v) is 2.62. The van der Waals surface area contributed by atoms with Crippen LogP contribution in [0.25, 0.3) is 11.3 Å². The summed E-state index contributed by atoms with van der Waals surface area (Å²) in [5.41, 5.74) is 1.19. The van der Waals surface area contributed by atoms with Gasteiger partial charge in [-0.3, -0.25) is 0 Å². The van der Waals surface area contributed by atoms with Crippen LogP contribution in [-0.2, 0) is 0 Å². The molecule has 1 N–H and O–H groups in total. The van der Waals surface area contributed by atoms with Crippen LogP contribution in [0, 0.1) is 0 Å². The molecule has 86 valence electrons. The Labute approximate surface area is 108 Å². The highest BCUT2D eigenvalue weighted by Gasteiger charge is 2.09. The summed E-state index contributed by atoms with van der Waals surface area (Å²) in [7, 11) is 0. The summed E-state index contributed by atoms with van der Waals surface area (Å²) < 4.78 is 0. The third kappa shape index (κ3) is 2.75. The van der Waals surface area contributed by atoms with Crippen molar-refractivity contribution >= 4 is 29.2 Å². The molecule has 1 aromatic carbocycles. The predicted octanol–water partition coefficient (Wildman–Crippen LogP) is 3.75. The van der Waals surface area contributed by atoms with Gasteiger partial charge in [-0.15, -0.1) is 0 Å². The van der Waals surface area contributed by atoms with Crippen LogP contribution in [-0.4, -0.2) is 16.1 Å². The number of nitrogens with zero attached hydrogens (tertiary/aromatic N) is 1. The molecular weight excluding hydrogens is 261 g/mol. The first-order valence-corrected chi connectivity index (χ1v) is 5.48. The molecule has 5 heteroatoms. The topological polar surface area (TPSA) is 50.2 Å². The molecule has 2 aromatic rings. The molecular formula is C12H7Cl2NO2. The van der Waals surface area contributed by atoms with Crippen molar-refractivity contribution in [3.63, 3.8) is 0 Å². The minimum absolute atomic E-state index is 0.0811. The van der Waals surface area contributed by atoms with Gasteiger partial charge < -0.3 is 5.11 Å². The van der Waals surface area contributed by atoms with Gasteiger partial charge >= 0.3 is 5.97 Å². The molecule has 0 saturated heterocycles. The standard InChI is InChI=1S/C12H7Cl2NO2/c13-8-3-1-7(2-4-8)10-5-9(14)6-11(15-10)12(16)17/h1-6H,(H,16,17). The molecule has 0 saturated carbocycles. The molecule has 0 fully saturated rings. The van der Waals surface area contributed by atoms with Crippen LogP contribution in [0.3, 0.4) is 0 Å². The van der Waals surface area contributed by atoms with Gasteiger partial charge in [0.2, 0.25) is 0 Å². The van der Waals surface area contributed by atoms with E-state index in [9.17, 15) is 4.79 Å². The summed E-state index contributed by atoms with van der Waals surface area (Å²) in [6.07, 6.45) is 0. The van der Waals surface area contributed by atoms with Gasteiger partial charge in [0.15, 0.2) is 0 Å². The van der Waals surface area contributed by atoms with E-state index < -0.39 is 5.97 Å². The number of halogens is 2. The van der Waals surface area contributed by atoms with Crippen LogP contribution < -0.4 is 0 Å². The van der Waals surface area contributed by atoms with Gasteiger partial charge in [-0.2, -0.15) is 0 Å². The number of carbonyl (C=O) groups is 1. The normalized spacial score (nSPS) is 10.2. The molecule has 1 heterocycles. The zero-order valence-corrected chi connectivity index (χ0v) is 10.0. The van der Waals surface area contributed by atoms with E-state index in [1.165, 1.54) is 6.07 Å². The fourth-order valence-corrected chi connectivity index (χ4v) is 1.71. The number of hydrogen-bond acceptors (Lipinski definition) is 2. The molecule has 0 unspecified atom stereocenters. The van der Waals surface area contributed by atoms with Crippen LogP contribution in [0.2, 0.25) is 10.0 Å². The lowest BCUT2D eigenvalue weighted by Crippen LogP contribution is -2.01. The van der Waals surface area contributed by atoms with Crippen LogP contribution in [0.4, 0.5) is 0 Å². The second kappa shape index (κ2) is 4.73. The van der Waals surface area contributed by atoms with E-state index in [1.807, 2.05) is 0 Å². The number of carboxylic acids is 1. The smallest absolute Gasteiger partial charge is 0.354 e. The van der Waals surface area contributed by atoms with Gasteiger partial charge in [0, 0.05) is 15.6 Å². The number of carboxylic acid groups (broad SMARTS) is 1. The first-order valence-electron chi connectivity index (χ1n) is 4.73. The van der Waals surface area contributed by atoms with Crippen LogP contribution in [0.1, 0.15) is 10.5 Å². The van der Waals surface area contributed by atoms with Gasteiger partial charge in [0.05, 0.1) is 5.69 Å². The monoisotopic (exact) mass is 267 g/mol. The summed E-state index contributed by atoms with van der Waals surface area (Å²) >= 11 is 11.6. The Morgan fingerprint density at radius 2 is 1.71 bits per heavy atom. The van der Waals surface area contributed by atoms with Crippen molar-refractivity contribution in [2.24, 2.45) is 0 Å². The van der Waals surface area contributed by atoms with Crippen molar-refractivity contribution in [3.05, 3.63) is 52.1 Å². The lowest BCUT2D eigenvalue weighted by Gasteiger charge is -2.03. The van der Waals surface area contributed by atoms with E-state index in [0.29, 0.717) is 15.7 Å². The third-order valence-electron chi connectivity index (χ3n) is 2.15. The highest BCUT2D eigenvalue weighted by molar-refractivity contribution is 6.31. The lowest BCUT2D eigenvalue weighted by molar-refractivity contribution is 0.0690. The number of aromatic nitrogens is 1. The molecule has 0 aliphatic heterocycles. The largest absolute Gasteiger partial charge is 0.477 e. The second-order valence-electron chi connectivity index (χ2n) is 3.37. The average Bonchev–Trinajstić information content (AvgIpc) is 2.29. The molecule has 0 radical (unpaired) electrons. The second-order valence-corrected chi connectivity index (χ2v) is 4.24. The summed E-state index contributed by atoms with van der Waals surface area (Å²) in [5.74, 6) is -1.11. The number of benzene rings is 1. The molecule has 0 bridgehead atoms. The van der Waals surface area contributed by atoms with E-state index in [-0.39, 0.29) is 5.69 Å². The molecule has 0 aliphatic rings. The van der Waals surface area contributed by atoms with E-state index in [0.717, 1.165) is 5.56 Å². The summed E-state index contributed by atoms with van der Waals surface area (Å²) in [6, 6.07) is 9.85. The van der Waals surface area contributed by atoms with E-state index in [2.05, 4.69) is 4.98 Å². The first-order chi connectivity index (χ1) is 8.06. The van der Waals surface area contributed by atoms with Crippen molar-refractivity contribution in [2.45, 2.75) is 0 Å². The SMILES string of the molecule is O=C(O)c1cc(Cl)cc(-c2ccc(Cl)cc2)n1. The predicted molar refractivity (Wildman–Crippen MR) is 66.7 cm³/mol. The highest BCUT2D eigenvalue weighted by atomic mass is 35.5. The molecule has 17 heavy (non-hydrogen) atoms. The van der Waals surface area contributed by atoms with Gasteiger partial charge in [0.25, 0.3) is 0 Å². The molecule has 0 atom stereocenters. The van der Waals surface area contributed by atoms with E-state index >= 15 is 0 Å². The minimum atomic E-state index is -1.11. The van der Waals surface area contributed by atoms with Gasteiger partial charge in [-0.1, -0.05) is 35.3 Å². The molecule has 0 spiro atoms. The molecule has 1 aromatic heterocycles. The Morgan fingerprint density at radius 1 is 1.06 bits per heavy atom. The number of hydrogen-bond donors (Lipinski definition) is 1. The quantitative estimate of drug-likeness (QED) is 0.902. The fourth-order valence-electron chi connectivity index (χ4n) is 1.38. The Bertz CT molecular complexity index is 567. The van der Waals surface area contributed by atoms with Crippen molar-refractivity contribution in [1.29, 1.82) is 0 Å². The Balaban J connectivity index is 2.51. The summed E-state index contributed by atoms with van der Waals surface area (Å²) in [5, 5.41) is 9.82. The van der Waals surface area contributed by atoms with E-state index in [1.54, 1.807) is 30.3 Å². The fraction of sp³-hybridized carbons (Fsp3) is 0. The highest BCUT2D eigenvalue weighted by Crippen LogP contribution is 2.23. The Hall–Kier alpha value is -1.58. The van der Waals surface area contributed by atoms with Crippen molar-refractivity contribution < 1.29 is 9.90 Å². The summed E-state index contributed by atoms with van der Waals surface area (Å²) in [4.78, 5) is 14.9. The number of aromatic carboxylic acids is 1. The summed E-state index contributed by atoms with van der Waals surface area (Å²) in [6.45, 7) is 0. The van der Waals surface area contributed by atoms with E-state index in [4.69, 9.17) is 28.3 Å². The van der Waals surface area contributed by atoms with Crippen molar-refractivity contribution in [3.8, 4) is 11.3 Å². The minimum Gasteiger partial charge on any atom is -0.477 e. The number of pyridine rings is 1. The maximum Gasteiger partial charge on any atom is 0.354 e.